The van der Waals surface area contributed by atoms with Gasteiger partial charge in [-0.2, -0.15) is 0 Å². The molecule has 0 radical (unpaired) electrons. The Balaban J connectivity index is 1.27. The summed E-state index contributed by atoms with van der Waals surface area (Å²) in [6.45, 7) is 1.45. The van der Waals surface area contributed by atoms with Gasteiger partial charge in [0.2, 0.25) is 5.95 Å². The Labute approximate surface area is 167 Å². The molecule has 1 aliphatic rings. The fourth-order valence-electron chi connectivity index (χ4n) is 3.55. The Kier molecular flexibility index (Phi) is 4.36. The summed E-state index contributed by atoms with van der Waals surface area (Å²) in [5.74, 6) is 0.502. The van der Waals surface area contributed by atoms with Crippen LogP contribution in [0.25, 0.3) is 22.3 Å². The molecule has 1 aliphatic heterocycles. The van der Waals surface area contributed by atoms with Crippen LogP contribution in [0.15, 0.2) is 61.2 Å². The summed E-state index contributed by atoms with van der Waals surface area (Å²) in [5.41, 5.74) is 2.97. The summed E-state index contributed by atoms with van der Waals surface area (Å²) >= 11 is 0. The van der Waals surface area contributed by atoms with Crippen molar-refractivity contribution in [3.63, 3.8) is 0 Å². The van der Waals surface area contributed by atoms with Crippen molar-refractivity contribution in [1.29, 1.82) is 0 Å². The molecule has 1 saturated heterocycles. The Morgan fingerprint density at radius 2 is 2.10 bits per heavy atom. The molecular weight excluding hydrogens is 366 g/mol. The van der Waals surface area contributed by atoms with Crippen molar-refractivity contribution in [2.24, 2.45) is 0 Å². The number of aromatic nitrogens is 5. The monoisotopic (exact) mass is 385 g/mol. The highest BCUT2D eigenvalue weighted by Crippen LogP contribution is 2.20. The van der Waals surface area contributed by atoms with Gasteiger partial charge in [0, 0.05) is 49.3 Å². The van der Waals surface area contributed by atoms with E-state index in [4.69, 9.17) is 0 Å². The van der Waals surface area contributed by atoms with Gasteiger partial charge in [-0.25, -0.2) is 15.0 Å². The lowest BCUT2D eigenvalue weighted by atomic mass is 10.2. The van der Waals surface area contributed by atoms with E-state index in [2.05, 4.69) is 35.1 Å². The van der Waals surface area contributed by atoms with Crippen molar-refractivity contribution in [2.75, 3.05) is 18.0 Å². The average molecular weight is 385 g/mol. The maximum absolute atomic E-state index is 12.7. The second kappa shape index (κ2) is 7.31. The molecule has 0 spiro atoms. The third-order valence-electron chi connectivity index (χ3n) is 5.05. The SMILES string of the molecule is O=C(NC1CCN(c2nccc(-c3ccc[nH]3)n2)C1)c1ccc2cnccc2n1. The van der Waals surface area contributed by atoms with Gasteiger partial charge in [-0.15, -0.1) is 0 Å². The molecule has 5 heterocycles. The second-order valence-electron chi connectivity index (χ2n) is 7.00. The van der Waals surface area contributed by atoms with E-state index in [0.29, 0.717) is 18.2 Å². The third kappa shape index (κ3) is 3.52. The number of nitrogens with one attached hydrogen (secondary N) is 2. The van der Waals surface area contributed by atoms with Crippen LogP contribution in [0.3, 0.4) is 0 Å². The number of rotatable bonds is 4. The van der Waals surface area contributed by atoms with Crippen LogP contribution in [-0.2, 0) is 0 Å². The standard InChI is InChI=1S/C21H19N7O/c29-20(19-4-3-14-12-22-9-5-16(14)26-19)25-15-7-11-28(13-15)21-24-10-6-18(27-21)17-2-1-8-23-17/h1-6,8-10,12,15,23H,7,11,13H2,(H,25,29). The van der Waals surface area contributed by atoms with Gasteiger partial charge in [0.25, 0.3) is 5.91 Å². The Morgan fingerprint density at radius 1 is 1.14 bits per heavy atom. The Bertz CT molecular complexity index is 1160. The first-order chi connectivity index (χ1) is 14.3. The number of hydrogen-bond acceptors (Lipinski definition) is 6. The molecule has 5 rings (SSSR count). The number of H-pyrrole nitrogens is 1. The van der Waals surface area contributed by atoms with Crippen LogP contribution in [0.1, 0.15) is 16.9 Å². The normalized spacial score (nSPS) is 16.3. The summed E-state index contributed by atoms with van der Waals surface area (Å²) in [7, 11) is 0. The molecular formula is C21H19N7O. The molecule has 8 heteroatoms. The lowest BCUT2D eigenvalue weighted by Crippen LogP contribution is -2.37. The number of carbonyl (C=O) groups excluding carboxylic acids is 1. The molecule has 0 bridgehead atoms. The van der Waals surface area contributed by atoms with E-state index in [-0.39, 0.29) is 11.9 Å². The maximum Gasteiger partial charge on any atom is 0.270 e. The summed E-state index contributed by atoms with van der Waals surface area (Å²) in [5, 5.41) is 3.99. The van der Waals surface area contributed by atoms with Gasteiger partial charge in [-0.1, -0.05) is 0 Å². The number of carbonyl (C=O) groups is 1. The van der Waals surface area contributed by atoms with E-state index in [1.807, 2.05) is 30.5 Å². The number of fused-ring (bicyclic) bond motifs is 1. The van der Waals surface area contributed by atoms with Gasteiger partial charge in [0.15, 0.2) is 0 Å². The largest absolute Gasteiger partial charge is 0.360 e. The quantitative estimate of drug-likeness (QED) is 0.560. The number of amides is 1. The zero-order valence-corrected chi connectivity index (χ0v) is 15.6. The fourth-order valence-corrected chi connectivity index (χ4v) is 3.55. The van der Waals surface area contributed by atoms with E-state index >= 15 is 0 Å². The van der Waals surface area contributed by atoms with Gasteiger partial charge in [0.05, 0.1) is 16.9 Å². The van der Waals surface area contributed by atoms with Crippen LogP contribution in [0.5, 0.6) is 0 Å². The summed E-state index contributed by atoms with van der Waals surface area (Å²) < 4.78 is 0. The molecule has 1 atom stereocenters. The van der Waals surface area contributed by atoms with Crippen molar-refractivity contribution in [3.05, 3.63) is 66.9 Å². The average Bonchev–Trinajstić information content (AvgIpc) is 3.46. The van der Waals surface area contributed by atoms with Gasteiger partial charge in [-0.3, -0.25) is 9.78 Å². The van der Waals surface area contributed by atoms with Crippen molar-refractivity contribution < 1.29 is 4.79 Å². The van der Waals surface area contributed by atoms with Crippen LogP contribution in [0.2, 0.25) is 0 Å². The molecule has 0 saturated carbocycles. The van der Waals surface area contributed by atoms with Crippen molar-refractivity contribution in [2.45, 2.75) is 12.5 Å². The first-order valence-corrected chi connectivity index (χ1v) is 9.50. The molecule has 144 valence electrons. The maximum atomic E-state index is 12.7. The van der Waals surface area contributed by atoms with E-state index in [1.165, 1.54) is 0 Å². The summed E-state index contributed by atoms with van der Waals surface area (Å²) in [4.78, 5) is 35.5. The van der Waals surface area contributed by atoms with E-state index < -0.39 is 0 Å². The molecule has 0 aliphatic carbocycles. The van der Waals surface area contributed by atoms with Crippen LogP contribution in [-0.4, -0.2) is 50.0 Å². The second-order valence-corrected chi connectivity index (χ2v) is 7.00. The fraction of sp³-hybridized carbons (Fsp3) is 0.190. The smallest absolute Gasteiger partial charge is 0.270 e. The van der Waals surface area contributed by atoms with Gasteiger partial charge in [-0.05, 0) is 42.8 Å². The van der Waals surface area contributed by atoms with E-state index in [1.54, 1.807) is 30.7 Å². The Morgan fingerprint density at radius 3 is 3.00 bits per heavy atom. The predicted octanol–water partition coefficient (Wildman–Crippen LogP) is 2.42. The zero-order valence-electron chi connectivity index (χ0n) is 15.6. The van der Waals surface area contributed by atoms with Gasteiger partial charge >= 0.3 is 0 Å². The van der Waals surface area contributed by atoms with Crippen LogP contribution in [0.4, 0.5) is 5.95 Å². The molecule has 29 heavy (non-hydrogen) atoms. The molecule has 4 aromatic heterocycles. The minimum Gasteiger partial charge on any atom is -0.360 e. The van der Waals surface area contributed by atoms with Crippen LogP contribution < -0.4 is 10.2 Å². The first-order valence-electron chi connectivity index (χ1n) is 9.50. The topological polar surface area (TPSA) is 99.7 Å². The lowest BCUT2D eigenvalue weighted by Gasteiger charge is -2.17. The van der Waals surface area contributed by atoms with E-state index in [0.717, 1.165) is 35.3 Å². The summed E-state index contributed by atoms with van der Waals surface area (Å²) in [6, 6.07) is 11.2. The zero-order chi connectivity index (χ0) is 19.6. The molecule has 8 nitrogen and oxygen atoms in total. The van der Waals surface area contributed by atoms with Crippen LogP contribution in [0, 0.1) is 0 Å². The van der Waals surface area contributed by atoms with Gasteiger partial charge < -0.3 is 15.2 Å². The van der Waals surface area contributed by atoms with Gasteiger partial charge in [0.1, 0.15) is 5.69 Å². The van der Waals surface area contributed by atoms with Crippen molar-refractivity contribution >= 4 is 22.8 Å². The van der Waals surface area contributed by atoms with E-state index in [9.17, 15) is 4.79 Å². The molecule has 0 aromatic carbocycles. The lowest BCUT2D eigenvalue weighted by molar-refractivity contribution is 0.0935. The highest BCUT2D eigenvalue weighted by atomic mass is 16.2. The highest BCUT2D eigenvalue weighted by Gasteiger charge is 2.26. The number of aromatic amines is 1. The number of nitrogens with zero attached hydrogens (tertiary/aromatic N) is 5. The molecule has 2 N–H and O–H groups in total. The Hall–Kier alpha value is -3.81. The minimum absolute atomic E-state index is 0.0233. The third-order valence-corrected chi connectivity index (χ3v) is 5.05. The van der Waals surface area contributed by atoms with Crippen LogP contribution >= 0.6 is 0 Å². The number of pyridine rings is 2. The molecule has 4 aromatic rings. The number of anilines is 1. The van der Waals surface area contributed by atoms with Crippen molar-refractivity contribution in [3.8, 4) is 11.4 Å². The predicted molar refractivity (Wildman–Crippen MR) is 109 cm³/mol. The summed E-state index contributed by atoms with van der Waals surface area (Å²) in [6.07, 6.45) is 7.88. The molecule has 1 unspecified atom stereocenters. The minimum atomic E-state index is -0.170. The highest BCUT2D eigenvalue weighted by molar-refractivity contribution is 5.95. The first kappa shape index (κ1) is 17.3. The number of hydrogen-bond donors (Lipinski definition) is 2. The molecule has 1 amide bonds. The molecule has 1 fully saturated rings. The van der Waals surface area contributed by atoms with Crippen molar-refractivity contribution in [1.82, 2.24) is 30.2 Å².